The second-order valence-electron chi connectivity index (χ2n) is 3.85. The van der Waals surface area contributed by atoms with E-state index >= 15 is 0 Å². The van der Waals surface area contributed by atoms with Gasteiger partial charge in [-0.05, 0) is 30.2 Å². The van der Waals surface area contributed by atoms with Crippen molar-refractivity contribution in [1.82, 2.24) is 4.98 Å². The van der Waals surface area contributed by atoms with E-state index in [1.165, 1.54) is 5.56 Å². The Morgan fingerprint density at radius 3 is 2.75 bits per heavy atom. The maximum atomic E-state index is 6.01. The van der Waals surface area contributed by atoms with Gasteiger partial charge in [0.05, 0.1) is 11.4 Å². The number of aromatic nitrogens is 1. The zero-order valence-corrected chi connectivity index (χ0v) is 10.6. The van der Waals surface area contributed by atoms with Crippen molar-refractivity contribution in [2.75, 3.05) is 0 Å². The lowest BCUT2D eigenvalue weighted by Crippen LogP contribution is -1.89. The van der Waals surface area contributed by atoms with E-state index in [1.807, 2.05) is 12.1 Å². The van der Waals surface area contributed by atoms with Gasteiger partial charge >= 0.3 is 0 Å². The van der Waals surface area contributed by atoms with Crippen molar-refractivity contribution in [3.8, 4) is 0 Å². The zero-order chi connectivity index (χ0) is 11.5. The Kier molecular flexibility index (Phi) is 3.67. The summed E-state index contributed by atoms with van der Waals surface area (Å²) >= 11 is 11.8. The first-order valence-electron chi connectivity index (χ1n) is 5.38. The van der Waals surface area contributed by atoms with Gasteiger partial charge in [0, 0.05) is 10.9 Å². The van der Waals surface area contributed by atoms with Crippen LogP contribution in [-0.4, -0.2) is 4.98 Å². The van der Waals surface area contributed by atoms with E-state index in [-0.39, 0.29) is 0 Å². The fraction of sp³-hybridized carbons (Fsp3) is 0.308. The number of halogens is 2. The van der Waals surface area contributed by atoms with Gasteiger partial charge in [0.1, 0.15) is 5.15 Å². The van der Waals surface area contributed by atoms with Crippen LogP contribution in [0.4, 0.5) is 0 Å². The molecule has 0 atom stereocenters. The predicted octanol–water partition coefficient (Wildman–Crippen LogP) is 4.58. The number of hydrogen-bond acceptors (Lipinski definition) is 1. The van der Waals surface area contributed by atoms with Crippen molar-refractivity contribution < 1.29 is 0 Å². The van der Waals surface area contributed by atoms with Crippen LogP contribution in [0.15, 0.2) is 24.3 Å². The molecule has 3 heteroatoms. The highest BCUT2D eigenvalue weighted by molar-refractivity contribution is 6.31. The minimum atomic E-state index is 0.403. The number of pyridine rings is 1. The van der Waals surface area contributed by atoms with Gasteiger partial charge in [-0.1, -0.05) is 31.0 Å². The smallest absolute Gasteiger partial charge is 0.134 e. The average molecular weight is 254 g/mol. The minimum Gasteiger partial charge on any atom is -0.236 e. The molecule has 0 bridgehead atoms. The monoisotopic (exact) mass is 253 g/mol. The number of benzene rings is 1. The number of nitrogens with zero attached hydrogens (tertiary/aromatic N) is 1. The number of rotatable bonds is 3. The Bertz CT molecular complexity index is 509. The molecule has 0 N–H and O–H groups in total. The third kappa shape index (κ3) is 2.31. The normalized spacial score (nSPS) is 10.9. The molecule has 0 aliphatic rings. The summed E-state index contributed by atoms with van der Waals surface area (Å²) in [5, 5.41) is 1.62. The third-order valence-electron chi connectivity index (χ3n) is 2.59. The molecule has 2 aromatic rings. The van der Waals surface area contributed by atoms with Crippen molar-refractivity contribution in [3.63, 3.8) is 0 Å². The van der Waals surface area contributed by atoms with Crippen LogP contribution in [0, 0.1) is 0 Å². The lowest BCUT2D eigenvalue weighted by atomic mass is 10.1. The molecule has 0 radical (unpaired) electrons. The lowest BCUT2D eigenvalue weighted by Gasteiger charge is -2.05. The molecule has 1 aromatic heterocycles. The first-order valence-corrected chi connectivity index (χ1v) is 6.30. The fourth-order valence-corrected chi connectivity index (χ4v) is 2.27. The summed E-state index contributed by atoms with van der Waals surface area (Å²) in [5.74, 6) is 0.403. The van der Waals surface area contributed by atoms with Crippen LogP contribution in [0.3, 0.4) is 0 Å². The average Bonchev–Trinajstić information content (AvgIpc) is 2.29. The molecule has 84 valence electrons. The summed E-state index contributed by atoms with van der Waals surface area (Å²) in [6, 6.07) is 8.31. The SMILES string of the molecule is CCCc1ccc2nc(Cl)c(CCl)cc2c1. The molecule has 0 unspecified atom stereocenters. The molecule has 0 saturated carbocycles. The van der Waals surface area contributed by atoms with Crippen molar-refractivity contribution in [2.24, 2.45) is 0 Å². The molecule has 16 heavy (non-hydrogen) atoms. The molecule has 1 nitrogen and oxygen atoms in total. The summed E-state index contributed by atoms with van der Waals surface area (Å²) in [6.07, 6.45) is 2.24. The van der Waals surface area contributed by atoms with E-state index < -0.39 is 0 Å². The third-order valence-corrected chi connectivity index (χ3v) is 3.20. The summed E-state index contributed by atoms with van der Waals surface area (Å²) in [5.41, 5.74) is 3.16. The first-order chi connectivity index (χ1) is 7.74. The molecule has 2 rings (SSSR count). The van der Waals surface area contributed by atoms with E-state index in [2.05, 4.69) is 24.0 Å². The minimum absolute atomic E-state index is 0.403. The van der Waals surface area contributed by atoms with Gasteiger partial charge in [0.25, 0.3) is 0 Å². The maximum absolute atomic E-state index is 6.01. The molecular weight excluding hydrogens is 241 g/mol. The molecule has 0 aliphatic carbocycles. The van der Waals surface area contributed by atoms with Crippen molar-refractivity contribution in [2.45, 2.75) is 25.6 Å². The topological polar surface area (TPSA) is 12.9 Å². The highest BCUT2D eigenvalue weighted by Gasteiger charge is 2.04. The van der Waals surface area contributed by atoms with E-state index in [0.717, 1.165) is 29.3 Å². The van der Waals surface area contributed by atoms with Crippen LogP contribution in [0.25, 0.3) is 10.9 Å². The molecule has 1 heterocycles. The highest BCUT2D eigenvalue weighted by atomic mass is 35.5. The predicted molar refractivity (Wildman–Crippen MR) is 70.3 cm³/mol. The highest BCUT2D eigenvalue weighted by Crippen LogP contribution is 2.23. The summed E-state index contributed by atoms with van der Waals surface area (Å²) in [6.45, 7) is 2.18. The van der Waals surface area contributed by atoms with E-state index in [9.17, 15) is 0 Å². The molecule has 0 saturated heterocycles. The summed E-state index contributed by atoms with van der Waals surface area (Å²) in [4.78, 5) is 4.33. The van der Waals surface area contributed by atoms with Gasteiger partial charge in [-0.3, -0.25) is 0 Å². The first kappa shape index (κ1) is 11.7. The molecule has 0 aliphatic heterocycles. The summed E-state index contributed by atoms with van der Waals surface area (Å²) in [7, 11) is 0. The molecule has 0 spiro atoms. The second-order valence-corrected chi connectivity index (χ2v) is 4.47. The van der Waals surface area contributed by atoms with E-state index in [4.69, 9.17) is 23.2 Å². The Balaban J connectivity index is 2.54. The van der Waals surface area contributed by atoms with Gasteiger partial charge < -0.3 is 0 Å². The van der Waals surface area contributed by atoms with Gasteiger partial charge in [-0.15, -0.1) is 11.6 Å². The summed E-state index contributed by atoms with van der Waals surface area (Å²) < 4.78 is 0. The Morgan fingerprint density at radius 1 is 1.25 bits per heavy atom. The van der Waals surface area contributed by atoms with Crippen LogP contribution in [0.1, 0.15) is 24.5 Å². The Labute approximate surface area is 105 Å². The largest absolute Gasteiger partial charge is 0.236 e. The standard InChI is InChI=1S/C13H13Cl2N/c1-2-3-9-4-5-12-10(6-9)7-11(8-14)13(15)16-12/h4-7H,2-3,8H2,1H3. The van der Waals surface area contributed by atoms with Crippen LogP contribution in [0.2, 0.25) is 5.15 Å². The second kappa shape index (κ2) is 5.03. The van der Waals surface area contributed by atoms with Gasteiger partial charge in [0.2, 0.25) is 0 Å². The van der Waals surface area contributed by atoms with Gasteiger partial charge in [-0.2, -0.15) is 0 Å². The van der Waals surface area contributed by atoms with E-state index in [0.29, 0.717) is 11.0 Å². The number of alkyl halides is 1. The Morgan fingerprint density at radius 2 is 2.06 bits per heavy atom. The van der Waals surface area contributed by atoms with Crippen LogP contribution >= 0.6 is 23.2 Å². The van der Waals surface area contributed by atoms with Crippen LogP contribution in [0.5, 0.6) is 0 Å². The fourth-order valence-electron chi connectivity index (χ4n) is 1.78. The number of hydrogen-bond donors (Lipinski definition) is 0. The molecular formula is C13H13Cl2N. The van der Waals surface area contributed by atoms with Gasteiger partial charge in [-0.25, -0.2) is 4.98 Å². The van der Waals surface area contributed by atoms with Crippen molar-refractivity contribution >= 4 is 34.1 Å². The number of aryl methyl sites for hydroxylation is 1. The molecule has 0 fully saturated rings. The number of fused-ring (bicyclic) bond motifs is 1. The van der Waals surface area contributed by atoms with Crippen molar-refractivity contribution in [1.29, 1.82) is 0 Å². The van der Waals surface area contributed by atoms with E-state index in [1.54, 1.807) is 0 Å². The lowest BCUT2D eigenvalue weighted by molar-refractivity contribution is 0.923. The van der Waals surface area contributed by atoms with Crippen LogP contribution in [-0.2, 0) is 12.3 Å². The Hall–Kier alpha value is -0.790. The zero-order valence-electron chi connectivity index (χ0n) is 9.13. The molecule has 1 aromatic carbocycles. The molecule has 0 amide bonds. The van der Waals surface area contributed by atoms with Crippen LogP contribution < -0.4 is 0 Å². The quantitative estimate of drug-likeness (QED) is 0.577. The maximum Gasteiger partial charge on any atom is 0.134 e. The van der Waals surface area contributed by atoms with Crippen molar-refractivity contribution in [3.05, 3.63) is 40.5 Å². The van der Waals surface area contributed by atoms with Gasteiger partial charge in [0.15, 0.2) is 0 Å².